The van der Waals surface area contributed by atoms with Crippen LogP contribution >= 0.6 is 11.3 Å². The maximum atomic E-state index is 11.8. The molecule has 152 valence electrons. The van der Waals surface area contributed by atoms with Crippen LogP contribution in [0.5, 0.6) is 5.75 Å². The highest BCUT2D eigenvalue weighted by Crippen LogP contribution is 2.30. The first-order valence-corrected chi connectivity index (χ1v) is 10.4. The third-order valence-electron chi connectivity index (χ3n) is 4.50. The summed E-state index contributed by atoms with van der Waals surface area (Å²) in [4.78, 5) is 29.6. The highest BCUT2D eigenvalue weighted by molar-refractivity contribution is 7.17. The molecule has 2 heterocycles. The topological polar surface area (TPSA) is 69.9 Å². The first-order chi connectivity index (χ1) is 14.7. The molecule has 4 rings (SSSR count). The predicted molar refractivity (Wildman–Crippen MR) is 115 cm³/mol. The van der Waals surface area contributed by atoms with Gasteiger partial charge in [0, 0.05) is 16.6 Å². The SMILES string of the molecule is CCOC(=O)Cc1cn2c(C=O)c(-c3cccc(OCc4ccccc4)c3)nc2s1. The lowest BCUT2D eigenvalue weighted by atomic mass is 10.1. The summed E-state index contributed by atoms with van der Waals surface area (Å²) in [6, 6.07) is 17.5. The first-order valence-electron chi connectivity index (χ1n) is 9.56. The molecule has 0 saturated heterocycles. The number of hydrogen-bond acceptors (Lipinski definition) is 6. The van der Waals surface area contributed by atoms with E-state index in [1.165, 1.54) is 11.3 Å². The zero-order valence-corrected chi connectivity index (χ0v) is 17.2. The van der Waals surface area contributed by atoms with Crippen molar-refractivity contribution in [3.05, 3.63) is 76.9 Å². The summed E-state index contributed by atoms with van der Waals surface area (Å²) >= 11 is 1.37. The molecule has 4 aromatic rings. The van der Waals surface area contributed by atoms with Crippen molar-refractivity contribution in [2.45, 2.75) is 20.0 Å². The Morgan fingerprint density at radius 2 is 2.00 bits per heavy atom. The molecule has 0 N–H and O–H groups in total. The number of hydrogen-bond donors (Lipinski definition) is 0. The van der Waals surface area contributed by atoms with Crippen LogP contribution in [0.25, 0.3) is 16.2 Å². The second-order valence-electron chi connectivity index (χ2n) is 6.60. The van der Waals surface area contributed by atoms with Crippen LogP contribution in [0, 0.1) is 0 Å². The Morgan fingerprint density at radius 1 is 1.17 bits per heavy atom. The maximum absolute atomic E-state index is 11.8. The summed E-state index contributed by atoms with van der Waals surface area (Å²) in [6.07, 6.45) is 2.72. The minimum absolute atomic E-state index is 0.165. The standard InChI is InChI=1S/C23H20N2O4S/c1-2-28-21(27)12-19-13-25-20(14-26)22(24-23(25)30-19)17-9-6-10-18(11-17)29-15-16-7-4-3-5-8-16/h3-11,13-14H,2,12,15H2,1H3. The van der Waals surface area contributed by atoms with Crippen molar-refractivity contribution in [3.8, 4) is 17.0 Å². The number of carbonyl (C=O) groups is 2. The first kappa shape index (κ1) is 19.8. The van der Waals surface area contributed by atoms with Gasteiger partial charge in [-0.1, -0.05) is 42.5 Å². The molecule has 0 unspecified atom stereocenters. The van der Waals surface area contributed by atoms with Gasteiger partial charge >= 0.3 is 5.97 Å². The minimum atomic E-state index is -0.293. The molecule has 2 aromatic carbocycles. The molecule has 0 atom stereocenters. The van der Waals surface area contributed by atoms with Crippen LogP contribution in [0.2, 0.25) is 0 Å². The Kier molecular flexibility index (Phi) is 5.90. The van der Waals surface area contributed by atoms with Crippen molar-refractivity contribution in [2.75, 3.05) is 6.61 Å². The number of nitrogens with zero attached hydrogens (tertiary/aromatic N) is 2. The van der Waals surface area contributed by atoms with E-state index in [-0.39, 0.29) is 12.4 Å². The number of aldehydes is 1. The number of benzene rings is 2. The number of imidazole rings is 1. The van der Waals surface area contributed by atoms with Gasteiger partial charge in [0.15, 0.2) is 11.2 Å². The number of carbonyl (C=O) groups excluding carboxylic acids is 2. The van der Waals surface area contributed by atoms with E-state index in [1.807, 2.05) is 54.6 Å². The number of ether oxygens (including phenoxy) is 2. The summed E-state index contributed by atoms with van der Waals surface area (Å²) in [6.45, 7) is 2.57. The fourth-order valence-electron chi connectivity index (χ4n) is 3.14. The third kappa shape index (κ3) is 4.26. The zero-order valence-electron chi connectivity index (χ0n) is 16.4. The van der Waals surface area contributed by atoms with Crippen LogP contribution < -0.4 is 4.74 Å². The number of thiazole rings is 1. The summed E-state index contributed by atoms with van der Waals surface area (Å²) < 4.78 is 12.6. The predicted octanol–water partition coefficient (Wildman–Crippen LogP) is 4.56. The van der Waals surface area contributed by atoms with E-state index in [4.69, 9.17) is 9.47 Å². The van der Waals surface area contributed by atoms with Gasteiger partial charge in [-0.3, -0.25) is 14.0 Å². The molecular formula is C23H20N2O4S. The van der Waals surface area contributed by atoms with Crippen LogP contribution in [0.4, 0.5) is 0 Å². The molecule has 7 heteroatoms. The second-order valence-corrected chi connectivity index (χ2v) is 7.69. The molecule has 0 saturated carbocycles. The number of aromatic nitrogens is 2. The molecule has 0 spiro atoms. The van der Waals surface area contributed by atoms with Gasteiger partial charge in [-0.2, -0.15) is 0 Å². The van der Waals surface area contributed by atoms with Gasteiger partial charge in [-0.15, -0.1) is 11.3 Å². The third-order valence-corrected chi connectivity index (χ3v) is 5.48. The van der Waals surface area contributed by atoms with E-state index in [0.717, 1.165) is 22.3 Å². The number of rotatable bonds is 8. The van der Waals surface area contributed by atoms with Gasteiger partial charge in [0.1, 0.15) is 23.7 Å². The molecule has 0 aliphatic carbocycles. The lowest BCUT2D eigenvalue weighted by Gasteiger charge is -2.08. The second kappa shape index (κ2) is 8.92. The summed E-state index contributed by atoms with van der Waals surface area (Å²) in [5.41, 5.74) is 2.90. The fraction of sp³-hybridized carbons (Fsp3) is 0.174. The van der Waals surface area contributed by atoms with E-state index in [0.29, 0.717) is 35.3 Å². The average Bonchev–Trinajstić information content (AvgIpc) is 3.30. The van der Waals surface area contributed by atoms with E-state index >= 15 is 0 Å². The van der Waals surface area contributed by atoms with Crippen molar-refractivity contribution >= 4 is 28.6 Å². The van der Waals surface area contributed by atoms with Crippen LogP contribution in [0.15, 0.2) is 60.8 Å². The summed E-state index contributed by atoms with van der Waals surface area (Å²) in [5, 5.41) is 0. The number of esters is 1. The van der Waals surface area contributed by atoms with Crippen LogP contribution in [-0.4, -0.2) is 28.2 Å². The Bertz CT molecular complexity index is 1180. The largest absolute Gasteiger partial charge is 0.489 e. The molecule has 30 heavy (non-hydrogen) atoms. The van der Waals surface area contributed by atoms with Crippen molar-refractivity contribution < 1.29 is 19.1 Å². The van der Waals surface area contributed by atoms with Crippen molar-refractivity contribution in [2.24, 2.45) is 0 Å². The molecule has 0 fully saturated rings. The number of fused-ring (bicyclic) bond motifs is 1. The van der Waals surface area contributed by atoms with Gasteiger partial charge in [0.25, 0.3) is 0 Å². The van der Waals surface area contributed by atoms with Gasteiger partial charge in [0.2, 0.25) is 0 Å². The lowest BCUT2D eigenvalue weighted by Crippen LogP contribution is -2.06. The van der Waals surface area contributed by atoms with Gasteiger partial charge in [0.05, 0.1) is 13.0 Å². The van der Waals surface area contributed by atoms with Crippen molar-refractivity contribution in [1.29, 1.82) is 0 Å². The Labute approximate surface area is 177 Å². The quantitative estimate of drug-likeness (QED) is 0.309. The Hall–Kier alpha value is -3.45. The highest BCUT2D eigenvalue weighted by Gasteiger charge is 2.18. The van der Waals surface area contributed by atoms with Crippen LogP contribution in [0.3, 0.4) is 0 Å². The molecule has 0 amide bonds. The molecule has 2 aromatic heterocycles. The van der Waals surface area contributed by atoms with Gasteiger partial charge in [-0.05, 0) is 24.6 Å². The molecule has 0 radical (unpaired) electrons. The van der Waals surface area contributed by atoms with Gasteiger partial charge < -0.3 is 9.47 Å². The summed E-state index contributed by atoms with van der Waals surface area (Å²) in [7, 11) is 0. The summed E-state index contributed by atoms with van der Waals surface area (Å²) in [5.74, 6) is 0.408. The van der Waals surface area contributed by atoms with Crippen molar-refractivity contribution in [1.82, 2.24) is 9.38 Å². The normalized spacial score (nSPS) is 10.8. The van der Waals surface area contributed by atoms with Gasteiger partial charge in [-0.25, -0.2) is 4.98 Å². The highest BCUT2D eigenvalue weighted by atomic mass is 32.1. The zero-order chi connectivity index (χ0) is 20.9. The maximum Gasteiger partial charge on any atom is 0.311 e. The van der Waals surface area contributed by atoms with E-state index in [2.05, 4.69) is 4.98 Å². The van der Waals surface area contributed by atoms with Crippen LogP contribution in [-0.2, 0) is 22.6 Å². The molecule has 0 aliphatic heterocycles. The minimum Gasteiger partial charge on any atom is -0.489 e. The Morgan fingerprint density at radius 3 is 2.77 bits per heavy atom. The van der Waals surface area contributed by atoms with E-state index < -0.39 is 0 Å². The molecular weight excluding hydrogens is 400 g/mol. The van der Waals surface area contributed by atoms with Crippen molar-refractivity contribution in [3.63, 3.8) is 0 Å². The van der Waals surface area contributed by atoms with E-state index in [1.54, 1.807) is 17.5 Å². The molecule has 0 aliphatic rings. The fourth-order valence-corrected chi connectivity index (χ4v) is 4.11. The smallest absolute Gasteiger partial charge is 0.311 e. The monoisotopic (exact) mass is 420 g/mol. The Balaban J connectivity index is 1.58. The molecule has 0 bridgehead atoms. The van der Waals surface area contributed by atoms with Crippen LogP contribution in [0.1, 0.15) is 27.9 Å². The average molecular weight is 420 g/mol. The lowest BCUT2D eigenvalue weighted by molar-refractivity contribution is -0.142. The van der Waals surface area contributed by atoms with E-state index in [9.17, 15) is 9.59 Å². The molecule has 6 nitrogen and oxygen atoms in total.